The van der Waals surface area contributed by atoms with Crippen molar-refractivity contribution in [1.82, 2.24) is 20.1 Å². The van der Waals surface area contributed by atoms with Crippen LogP contribution in [0, 0.1) is 20.8 Å². The summed E-state index contributed by atoms with van der Waals surface area (Å²) in [5, 5.41) is 18.1. The van der Waals surface area contributed by atoms with Gasteiger partial charge in [0, 0.05) is 13.5 Å². The van der Waals surface area contributed by atoms with Crippen LogP contribution < -0.4 is 10.9 Å². The predicted molar refractivity (Wildman–Crippen MR) is 111 cm³/mol. The van der Waals surface area contributed by atoms with Crippen LogP contribution in [0.3, 0.4) is 0 Å². The molecule has 29 heavy (non-hydrogen) atoms. The summed E-state index contributed by atoms with van der Waals surface area (Å²) < 4.78 is 1.29. The zero-order chi connectivity index (χ0) is 20.9. The van der Waals surface area contributed by atoms with Gasteiger partial charge in [0.25, 0.3) is 11.5 Å². The van der Waals surface area contributed by atoms with Crippen LogP contribution in [-0.4, -0.2) is 31.9 Å². The Kier molecular flexibility index (Phi) is 4.84. The third-order valence-corrected chi connectivity index (χ3v) is 6.61. The van der Waals surface area contributed by atoms with E-state index in [2.05, 4.69) is 15.4 Å². The third-order valence-electron chi connectivity index (χ3n) is 5.43. The van der Waals surface area contributed by atoms with Crippen molar-refractivity contribution in [2.45, 2.75) is 39.3 Å². The molecular formula is C21H22N4O3S. The number of aromatic nitrogens is 3. The van der Waals surface area contributed by atoms with Crippen molar-refractivity contribution in [1.29, 1.82) is 0 Å². The van der Waals surface area contributed by atoms with Gasteiger partial charge >= 0.3 is 0 Å². The Labute approximate surface area is 172 Å². The lowest BCUT2D eigenvalue weighted by Crippen LogP contribution is -2.33. The van der Waals surface area contributed by atoms with Crippen molar-refractivity contribution in [3.8, 4) is 10.6 Å². The molecule has 7 nitrogen and oxygen atoms in total. The van der Waals surface area contributed by atoms with Crippen LogP contribution in [0.15, 0.2) is 29.1 Å². The number of aliphatic hydroxyl groups excluding tert-OH is 1. The number of rotatable bonds is 3. The van der Waals surface area contributed by atoms with Gasteiger partial charge in [0.05, 0.1) is 29.1 Å². The zero-order valence-corrected chi connectivity index (χ0v) is 17.5. The first-order valence-corrected chi connectivity index (χ1v) is 10.2. The summed E-state index contributed by atoms with van der Waals surface area (Å²) >= 11 is 1.19. The highest BCUT2D eigenvalue weighted by Crippen LogP contribution is 2.33. The second-order valence-corrected chi connectivity index (χ2v) is 8.37. The van der Waals surface area contributed by atoms with Crippen LogP contribution in [0.5, 0.6) is 0 Å². The Morgan fingerprint density at radius 1 is 1.24 bits per heavy atom. The van der Waals surface area contributed by atoms with Crippen molar-refractivity contribution in [3.05, 3.63) is 67.6 Å². The number of hydrogen-bond donors (Lipinski definition) is 2. The van der Waals surface area contributed by atoms with Gasteiger partial charge in [0.2, 0.25) is 0 Å². The fourth-order valence-corrected chi connectivity index (χ4v) is 4.83. The van der Waals surface area contributed by atoms with Crippen molar-refractivity contribution >= 4 is 17.2 Å². The quantitative estimate of drug-likeness (QED) is 0.690. The van der Waals surface area contributed by atoms with Crippen LogP contribution in [0.25, 0.3) is 10.6 Å². The maximum absolute atomic E-state index is 13.0. The highest BCUT2D eigenvalue weighted by atomic mass is 32.1. The minimum Gasteiger partial charge on any atom is -0.390 e. The molecule has 2 N–H and O–H groups in total. The second-order valence-electron chi connectivity index (χ2n) is 7.37. The van der Waals surface area contributed by atoms with Crippen molar-refractivity contribution in [3.63, 3.8) is 0 Å². The van der Waals surface area contributed by atoms with E-state index in [1.54, 1.807) is 14.0 Å². The van der Waals surface area contributed by atoms with E-state index < -0.39 is 12.1 Å². The van der Waals surface area contributed by atoms with Crippen LogP contribution in [0.2, 0.25) is 0 Å². The maximum Gasteiger partial charge on any atom is 0.277 e. The molecule has 3 aromatic rings. The molecule has 1 aliphatic rings. The number of fused-ring (bicyclic) bond motifs is 1. The normalized spacial score (nSPS) is 18.0. The standard InChI is InChI=1S/C21H22N4O3S/c1-10-11(2)24-25(4)21(28)16(10)20-22-12(3)18(29-20)19(27)23-17-14-8-6-5-7-13(14)9-15(17)26/h5-8,15,17,26H,9H2,1-4H3,(H,23,27)/t15-,17+/m0/s1. The summed E-state index contributed by atoms with van der Waals surface area (Å²) in [6.45, 7) is 5.43. The first-order valence-electron chi connectivity index (χ1n) is 9.37. The number of carbonyl (C=O) groups excluding carboxylic acids is 1. The molecule has 4 rings (SSSR count). The van der Waals surface area contributed by atoms with Crippen LogP contribution in [-0.2, 0) is 13.5 Å². The van der Waals surface area contributed by atoms with E-state index in [1.807, 2.05) is 38.1 Å². The number of thiazole rings is 1. The fourth-order valence-electron chi connectivity index (χ4n) is 3.77. The van der Waals surface area contributed by atoms with E-state index >= 15 is 0 Å². The molecule has 1 aliphatic carbocycles. The molecule has 8 heteroatoms. The molecule has 0 spiro atoms. The van der Waals surface area contributed by atoms with Crippen molar-refractivity contribution in [2.24, 2.45) is 7.05 Å². The molecule has 150 valence electrons. The SMILES string of the molecule is Cc1nc(-c2c(C)c(C)nn(C)c2=O)sc1C(=O)N[C@@H]1c2ccccc2C[C@@H]1O. The molecule has 2 aromatic heterocycles. The topological polar surface area (TPSA) is 97.1 Å². The van der Waals surface area contributed by atoms with Gasteiger partial charge < -0.3 is 10.4 Å². The van der Waals surface area contributed by atoms with E-state index in [-0.39, 0.29) is 11.5 Å². The maximum atomic E-state index is 13.0. The summed E-state index contributed by atoms with van der Waals surface area (Å²) in [6.07, 6.45) is -0.152. The number of nitrogens with zero attached hydrogens (tertiary/aromatic N) is 3. The summed E-state index contributed by atoms with van der Waals surface area (Å²) in [5.41, 5.74) is 4.26. The van der Waals surface area contributed by atoms with Gasteiger partial charge in [0.15, 0.2) is 0 Å². The Bertz CT molecular complexity index is 1180. The summed E-state index contributed by atoms with van der Waals surface area (Å²) in [6, 6.07) is 7.26. The fraction of sp³-hybridized carbons (Fsp3) is 0.333. The first-order chi connectivity index (χ1) is 13.8. The Morgan fingerprint density at radius 2 is 1.97 bits per heavy atom. The zero-order valence-electron chi connectivity index (χ0n) is 16.7. The number of amides is 1. The van der Waals surface area contributed by atoms with Crippen LogP contribution >= 0.6 is 11.3 Å². The average molecular weight is 410 g/mol. The minimum atomic E-state index is -0.665. The smallest absolute Gasteiger partial charge is 0.277 e. The number of nitrogens with one attached hydrogen (secondary N) is 1. The number of hydrogen-bond acceptors (Lipinski definition) is 6. The largest absolute Gasteiger partial charge is 0.390 e. The summed E-state index contributed by atoms with van der Waals surface area (Å²) in [5.74, 6) is -0.299. The number of aryl methyl sites for hydroxylation is 3. The molecule has 1 aromatic carbocycles. The van der Waals surface area contributed by atoms with E-state index in [9.17, 15) is 14.7 Å². The molecule has 0 aliphatic heterocycles. The summed E-state index contributed by atoms with van der Waals surface area (Å²) in [7, 11) is 1.60. The number of benzene rings is 1. The van der Waals surface area contributed by atoms with Gasteiger partial charge in [-0.25, -0.2) is 9.67 Å². The monoisotopic (exact) mass is 410 g/mol. The van der Waals surface area contributed by atoms with Crippen LogP contribution in [0.1, 0.15) is 43.8 Å². The third kappa shape index (κ3) is 3.28. The number of aliphatic hydroxyl groups is 1. The molecule has 0 radical (unpaired) electrons. The average Bonchev–Trinajstić information content (AvgIpc) is 3.20. The molecule has 0 saturated carbocycles. The van der Waals surface area contributed by atoms with E-state index in [0.29, 0.717) is 27.6 Å². The van der Waals surface area contributed by atoms with Gasteiger partial charge in [-0.2, -0.15) is 5.10 Å². The highest BCUT2D eigenvalue weighted by Gasteiger charge is 2.33. The van der Waals surface area contributed by atoms with Crippen molar-refractivity contribution < 1.29 is 9.90 Å². The molecule has 0 saturated heterocycles. The molecule has 0 bridgehead atoms. The van der Waals surface area contributed by atoms with Gasteiger partial charge in [-0.3, -0.25) is 9.59 Å². The molecule has 1 amide bonds. The van der Waals surface area contributed by atoms with Gasteiger partial charge in [-0.05, 0) is 37.5 Å². The highest BCUT2D eigenvalue weighted by molar-refractivity contribution is 7.17. The second kappa shape index (κ2) is 7.20. The van der Waals surface area contributed by atoms with Gasteiger partial charge in [-0.1, -0.05) is 24.3 Å². The molecule has 0 fully saturated rings. The summed E-state index contributed by atoms with van der Waals surface area (Å²) in [4.78, 5) is 30.5. The molecule has 2 heterocycles. The van der Waals surface area contributed by atoms with Crippen molar-refractivity contribution in [2.75, 3.05) is 0 Å². The number of carbonyl (C=O) groups is 1. The van der Waals surface area contributed by atoms with Crippen LogP contribution in [0.4, 0.5) is 0 Å². The molecular weight excluding hydrogens is 388 g/mol. The minimum absolute atomic E-state index is 0.242. The predicted octanol–water partition coefficient (Wildman–Crippen LogP) is 2.22. The lowest BCUT2D eigenvalue weighted by molar-refractivity contribution is 0.0861. The molecule has 0 unspecified atom stereocenters. The first kappa shape index (κ1) is 19.5. The Hall–Kier alpha value is -2.84. The van der Waals surface area contributed by atoms with E-state index in [0.717, 1.165) is 22.4 Å². The lowest BCUT2D eigenvalue weighted by atomic mass is 10.1. The molecule has 2 atom stereocenters. The Balaban J connectivity index is 1.68. The van der Waals surface area contributed by atoms with E-state index in [4.69, 9.17) is 0 Å². The Morgan fingerprint density at radius 3 is 2.72 bits per heavy atom. The lowest BCUT2D eigenvalue weighted by Gasteiger charge is -2.17. The van der Waals surface area contributed by atoms with E-state index in [1.165, 1.54) is 16.0 Å². The van der Waals surface area contributed by atoms with Gasteiger partial charge in [0.1, 0.15) is 9.88 Å². The van der Waals surface area contributed by atoms with Gasteiger partial charge in [-0.15, -0.1) is 11.3 Å².